The van der Waals surface area contributed by atoms with Crippen LogP contribution in [0.3, 0.4) is 0 Å². The first kappa shape index (κ1) is 18.9. The second-order valence-electron chi connectivity index (χ2n) is 6.65. The van der Waals surface area contributed by atoms with E-state index >= 15 is 0 Å². The van der Waals surface area contributed by atoms with Gasteiger partial charge in [0.05, 0.1) is 23.8 Å². The van der Waals surface area contributed by atoms with Crippen molar-refractivity contribution in [1.29, 1.82) is 0 Å². The van der Waals surface area contributed by atoms with Crippen molar-refractivity contribution in [2.75, 3.05) is 57.1 Å². The van der Waals surface area contributed by atoms with E-state index in [0.29, 0.717) is 55.9 Å². The minimum atomic E-state index is -0.326. The first-order valence-electron chi connectivity index (χ1n) is 9.39. The van der Waals surface area contributed by atoms with Crippen molar-refractivity contribution in [2.45, 2.75) is 0 Å². The Balaban J connectivity index is 0.00000171. The molecular formula is C19H29N7O3. The summed E-state index contributed by atoms with van der Waals surface area (Å²) in [5, 5.41) is 0. The van der Waals surface area contributed by atoms with Gasteiger partial charge in [-0.1, -0.05) is 12.1 Å². The van der Waals surface area contributed by atoms with Crippen LogP contribution in [0.25, 0.3) is 22.6 Å². The van der Waals surface area contributed by atoms with Gasteiger partial charge in [0.1, 0.15) is 12.4 Å². The maximum Gasteiger partial charge on any atom is 0.409 e. The molecule has 0 spiro atoms. The number of methoxy groups -OCH3 is 1. The molecule has 3 aromatic rings. The normalized spacial score (nSPS) is 14.4. The van der Waals surface area contributed by atoms with Gasteiger partial charge in [-0.2, -0.15) is 0 Å². The number of hydrogen-bond acceptors (Lipinski definition) is 8. The van der Waals surface area contributed by atoms with Crippen molar-refractivity contribution in [3.05, 3.63) is 30.5 Å². The molecule has 1 amide bonds. The highest BCUT2D eigenvalue weighted by Crippen LogP contribution is 2.25. The zero-order chi connectivity index (χ0) is 20.2. The quantitative estimate of drug-likeness (QED) is 0.622. The number of carbonyl (C=O) groups is 1. The fraction of sp³-hybridized carbons (Fsp3) is 0.368. The number of anilines is 2. The third kappa shape index (κ3) is 4.06. The molecule has 4 rings (SSSR count). The van der Waals surface area contributed by atoms with Crippen LogP contribution in [0.4, 0.5) is 16.4 Å². The monoisotopic (exact) mass is 403 g/mol. The zero-order valence-electron chi connectivity index (χ0n) is 16.2. The summed E-state index contributed by atoms with van der Waals surface area (Å²) < 4.78 is 10.1. The Morgan fingerprint density at radius 3 is 2.76 bits per heavy atom. The summed E-state index contributed by atoms with van der Waals surface area (Å²) in [5.41, 5.74) is 8.33. The predicted octanol–water partition coefficient (Wildman–Crippen LogP) is 2.25. The Morgan fingerprint density at radius 2 is 2.00 bits per heavy atom. The Labute approximate surface area is 172 Å². The molecule has 2 aromatic heterocycles. The molecule has 29 heavy (non-hydrogen) atoms. The minimum absolute atomic E-state index is 0. The zero-order valence-corrected chi connectivity index (χ0v) is 16.2. The molecule has 1 aliphatic heterocycles. The van der Waals surface area contributed by atoms with E-state index in [9.17, 15) is 4.79 Å². The average molecular weight is 403 g/mol. The van der Waals surface area contributed by atoms with Crippen molar-refractivity contribution in [3.63, 3.8) is 0 Å². The predicted molar refractivity (Wildman–Crippen MR) is 115 cm³/mol. The Morgan fingerprint density at radius 1 is 1.21 bits per heavy atom. The fourth-order valence-electron chi connectivity index (χ4n) is 3.20. The molecule has 3 heterocycles. The minimum Gasteiger partial charge on any atom is -0.447 e. The van der Waals surface area contributed by atoms with Crippen LogP contribution >= 0.6 is 0 Å². The molecule has 10 nitrogen and oxygen atoms in total. The van der Waals surface area contributed by atoms with Gasteiger partial charge in [0, 0.05) is 37.6 Å². The van der Waals surface area contributed by atoms with Gasteiger partial charge in [-0.15, -0.1) is 0 Å². The molecule has 1 saturated heterocycles. The van der Waals surface area contributed by atoms with E-state index in [4.69, 9.17) is 15.2 Å². The number of nitrogen functional groups attached to an aromatic ring is 1. The Hall–Kier alpha value is -3.40. The third-order valence-corrected chi connectivity index (χ3v) is 4.78. The second kappa shape index (κ2) is 8.31. The van der Waals surface area contributed by atoms with Crippen LogP contribution in [0, 0.1) is 0 Å². The lowest BCUT2D eigenvalue weighted by molar-refractivity contribution is 0.0705. The van der Waals surface area contributed by atoms with Gasteiger partial charge >= 0.3 is 6.09 Å². The van der Waals surface area contributed by atoms with E-state index in [1.165, 1.54) is 0 Å². The van der Waals surface area contributed by atoms with E-state index in [-0.39, 0.29) is 17.0 Å². The first-order valence-corrected chi connectivity index (χ1v) is 9.39. The van der Waals surface area contributed by atoms with Crippen LogP contribution in [0.1, 0.15) is 4.28 Å². The number of nitrogens with zero attached hydrogens (tertiary/aromatic N) is 5. The van der Waals surface area contributed by atoms with Crippen LogP contribution in [-0.4, -0.2) is 77.4 Å². The van der Waals surface area contributed by atoms with Crippen molar-refractivity contribution >= 4 is 28.8 Å². The van der Waals surface area contributed by atoms with E-state index in [1.807, 2.05) is 24.3 Å². The molecule has 1 aromatic carbocycles. The lowest BCUT2D eigenvalue weighted by Gasteiger charge is -2.34. The van der Waals surface area contributed by atoms with Crippen LogP contribution < -0.4 is 10.6 Å². The van der Waals surface area contributed by atoms with Crippen LogP contribution in [0.5, 0.6) is 0 Å². The number of nitrogens with two attached hydrogens (primary N) is 1. The van der Waals surface area contributed by atoms with Crippen molar-refractivity contribution < 1.29 is 18.5 Å². The molecule has 3 N–H and O–H groups in total. The summed E-state index contributed by atoms with van der Waals surface area (Å²) in [5.74, 6) is 1.59. The van der Waals surface area contributed by atoms with Gasteiger partial charge in [-0.25, -0.2) is 19.7 Å². The molecule has 0 atom stereocenters. The largest absolute Gasteiger partial charge is 0.447 e. The number of amides is 1. The van der Waals surface area contributed by atoms with Gasteiger partial charge in [0.15, 0.2) is 17.3 Å². The topological polar surface area (TPSA) is 122 Å². The van der Waals surface area contributed by atoms with Gasteiger partial charge in [0.2, 0.25) is 0 Å². The number of rotatable bonds is 5. The molecule has 0 saturated carbocycles. The number of hydrogen-bond donors (Lipinski definition) is 2. The third-order valence-electron chi connectivity index (χ3n) is 4.78. The van der Waals surface area contributed by atoms with Crippen molar-refractivity contribution in [1.82, 2.24) is 24.8 Å². The van der Waals surface area contributed by atoms with Crippen LogP contribution in [0.2, 0.25) is 0 Å². The summed E-state index contributed by atoms with van der Waals surface area (Å²) in [6, 6.07) is 7.74. The van der Waals surface area contributed by atoms with E-state index in [0.717, 1.165) is 11.0 Å². The number of para-hydroxylation sites is 2. The number of fused-ring (bicyclic) bond motifs is 1. The molecule has 0 aliphatic carbocycles. The average Bonchev–Trinajstić information content (AvgIpc) is 3.18. The first-order chi connectivity index (χ1) is 14.2. The number of carbonyl (C=O) groups excluding carboxylic acids is 1. The fourth-order valence-corrected chi connectivity index (χ4v) is 3.20. The summed E-state index contributed by atoms with van der Waals surface area (Å²) in [7, 11) is 1.57. The van der Waals surface area contributed by atoms with Crippen LogP contribution in [-0.2, 0) is 9.47 Å². The smallest absolute Gasteiger partial charge is 0.409 e. The number of nitrogens with one attached hydrogen (secondary N) is 1. The molecule has 1 aliphatic rings. The number of aromatic nitrogens is 4. The molecule has 158 valence electrons. The number of H-pyrrole nitrogens is 1. The molecule has 1 fully saturated rings. The molecule has 0 unspecified atom stereocenters. The molecule has 0 bridgehead atoms. The Bertz CT molecular complexity index is 980. The lowest BCUT2D eigenvalue weighted by atomic mass is 10.3. The lowest BCUT2D eigenvalue weighted by Crippen LogP contribution is -2.49. The summed E-state index contributed by atoms with van der Waals surface area (Å²) >= 11 is 0. The summed E-state index contributed by atoms with van der Waals surface area (Å²) in [6.45, 7) is 2.96. The number of piperazine rings is 1. The maximum atomic E-state index is 12.1. The van der Waals surface area contributed by atoms with Crippen molar-refractivity contribution in [3.8, 4) is 11.5 Å². The van der Waals surface area contributed by atoms with Gasteiger partial charge in [0.25, 0.3) is 0 Å². The number of imidazole rings is 1. The molecule has 10 heteroatoms. The maximum absolute atomic E-state index is 12.1. The highest BCUT2D eigenvalue weighted by atomic mass is 16.6. The Kier molecular flexibility index (Phi) is 5.43. The summed E-state index contributed by atoms with van der Waals surface area (Å²) in [6.07, 6.45) is 1.32. The van der Waals surface area contributed by atoms with E-state index in [1.54, 1.807) is 18.2 Å². The van der Waals surface area contributed by atoms with E-state index < -0.39 is 0 Å². The second-order valence-corrected chi connectivity index (χ2v) is 6.65. The highest BCUT2D eigenvalue weighted by molar-refractivity contribution is 5.80. The highest BCUT2D eigenvalue weighted by Gasteiger charge is 2.24. The van der Waals surface area contributed by atoms with Gasteiger partial charge in [-0.05, 0) is 12.1 Å². The van der Waals surface area contributed by atoms with Crippen LogP contribution in [0.15, 0.2) is 30.5 Å². The summed E-state index contributed by atoms with van der Waals surface area (Å²) in [4.78, 5) is 32.6. The van der Waals surface area contributed by atoms with Gasteiger partial charge < -0.3 is 30.0 Å². The van der Waals surface area contributed by atoms with Gasteiger partial charge in [-0.3, -0.25) is 0 Å². The standard InChI is InChI=1S/C19H23N7O3.3H2/c1-28-10-11-29-19(27)26-8-6-25(7-9-26)15-12-21-17(20)16(24-15)18-22-13-4-2-3-5-14(13)23-18;;;/h2-5,12H,6-11H2,1H3,(H2,20,21)(H,22,23);3*1H. The number of benzene rings is 1. The number of ether oxygens (including phenoxy) is 2. The molecular weight excluding hydrogens is 374 g/mol. The molecule has 0 radical (unpaired) electrons. The SMILES string of the molecule is COCCOC(=O)N1CCN(c2cnc(N)c(-c3nc4ccccc4[nH]3)n2)CC1.[HH].[HH].[HH]. The number of aromatic amines is 1. The van der Waals surface area contributed by atoms with Crippen molar-refractivity contribution in [2.24, 2.45) is 0 Å². The van der Waals surface area contributed by atoms with E-state index in [2.05, 4.69) is 24.8 Å².